The molecule has 0 atom stereocenters. The maximum Gasteiger partial charge on any atom is 0.417 e. The van der Waals surface area contributed by atoms with Crippen LogP contribution in [-0.4, -0.2) is 9.13 Å². The van der Waals surface area contributed by atoms with E-state index >= 15 is 13.2 Å². The number of rotatable bonds is 5. The first-order valence-corrected chi connectivity index (χ1v) is 19.5. The Morgan fingerprint density at radius 3 is 1.43 bits per heavy atom. The van der Waals surface area contributed by atoms with Gasteiger partial charge in [-0.25, -0.2) is 0 Å². The first-order valence-electron chi connectivity index (χ1n) is 19.5. The molecule has 7 heteroatoms. The molecule has 10 rings (SSSR count). The Morgan fingerprint density at radius 2 is 0.917 bits per heavy atom. The Labute approximate surface area is 343 Å². The van der Waals surface area contributed by atoms with Crippen LogP contribution in [0.3, 0.4) is 0 Å². The minimum absolute atomic E-state index is 0.130. The van der Waals surface area contributed by atoms with Crippen molar-refractivity contribution in [3.63, 3.8) is 0 Å². The third-order valence-corrected chi connectivity index (χ3v) is 11.7. The molecule has 0 spiro atoms. The van der Waals surface area contributed by atoms with Crippen LogP contribution in [0.25, 0.3) is 88.4 Å². The fourth-order valence-corrected chi connectivity index (χ4v) is 9.00. The van der Waals surface area contributed by atoms with Crippen molar-refractivity contribution in [1.82, 2.24) is 9.13 Å². The fourth-order valence-electron chi connectivity index (χ4n) is 9.00. The Kier molecular flexibility index (Phi) is 8.45. The van der Waals surface area contributed by atoms with E-state index in [4.69, 9.17) is 0 Å². The summed E-state index contributed by atoms with van der Waals surface area (Å²) in [6, 6.07) is 55.8. The van der Waals surface area contributed by atoms with Crippen LogP contribution in [0.2, 0.25) is 0 Å². The van der Waals surface area contributed by atoms with E-state index < -0.39 is 11.7 Å². The molecule has 0 N–H and O–H groups in total. The third kappa shape index (κ3) is 5.67. The van der Waals surface area contributed by atoms with Gasteiger partial charge in [0.05, 0.1) is 56.2 Å². The van der Waals surface area contributed by atoms with E-state index in [1.54, 1.807) is 12.1 Å². The van der Waals surface area contributed by atoms with Crippen LogP contribution in [0.5, 0.6) is 0 Å². The second-order valence-electron chi connectivity index (χ2n) is 15.1. The SMILES string of the molecule is Cc1ccccc1-c1ccc2c(c1)c1ccccc1n2-c1cc(-c2c(C#N)cccc2C(F)(F)F)c(-n2c3ccccc3c3cc(-c4ccccc4C)ccc32)cc1C#N. The van der Waals surface area contributed by atoms with Gasteiger partial charge in [-0.2, -0.15) is 23.7 Å². The summed E-state index contributed by atoms with van der Waals surface area (Å²) in [5, 5.41) is 25.2. The molecule has 4 nitrogen and oxygen atoms in total. The van der Waals surface area contributed by atoms with E-state index in [-0.39, 0.29) is 22.3 Å². The van der Waals surface area contributed by atoms with Gasteiger partial charge < -0.3 is 9.13 Å². The number of alkyl halides is 3. The van der Waals surface area contributed by atoms with Crippen LogP contribution in [0.15, 0.2) is 164 Å². The third-order valence-electron chi connectivity index (χ3n) is 11.7. The zero-order valence-electron chi connectivity index (χ0n) is 32.5. The molecule has 0 amide bonds. The molecule has 60 heavy (non-hydrogen) atoms. The number of para-hydroxylation sites is 2. The minimum atomic E-state index is -4.80. The second kappa shape index (κ2) is 13.9. The smallest absolute Gasteiger partial charge is 0.309 e. The summed E-state index contributed by atoms with van der Waals surface area (Å²) < 4.78 is 49.6. The van der Waals surface area contributed by atoms with Crippen LogP contribution < -0.4 is 0 Å². The number of nitrogens with zero attached hydrogens (tertiary/aromatic N) is 4. The summed E-state index contributed by atoms with van der Waals surface area (Å²) in [4.78, 5) is 0. The zero-order valence-corrected chi connectivity index (χ0v) is 32.5. The number of fused-ring (bicyclic) bond motifs is 6. The first kappa shape index (κ1) is 36.5. The highest BCUT2D eigenvalue weighted by Gasteiger charge is 2.36. The summed E-state index contributed by atoms with van der Waals surface area (Å²) in [5.74, 6) is 0. The van der Waals surface area contributed by atoms with Gasteiger partial charge in [0.2, 0.25) is 0 Å². The summed E-state index contributed by atoms with van der Waals surface area (Å²) in [7, 11) is 0. The highest BCUT2D eigenvalue weighted by atomic mass is 19.4. The highest BCUT2D eigenvalue weighted by molar-refractivity contribution is 6.12. The largest absolute Gasteiger partial charge is 0.417 e. The van der Waals surface area contributed by atoms with E-state index in [1.165, 1.54) is 12.1 Å². The molecule has 0 aliphatic carbocycles. The Hall–Kier alpha value is -7.87. The Bertz CT molecular complexity index is 3480. The molecule has 286 valence electrons. The summed E-state index contributed by atoms with van der Waals surface area (Å²) in [6.45, 7) is 4.13. The van der Waals surface area contributed by atoms with Gasteiger partial charge in [-0.1, -0.05) is 103 Å². The number of nitriles is 2. The fraction of sp³-hybridized carbons (Fsp3) is 0.0566. The van der Waals surface area contributed by atoms with Gasteiger partial charge in [0.25, 0.3) is 0 Å². The quantitative estimate of drug-likeness (QED) is 0.175. The average Bonchev–Trinajstić information content (AvgIpc) is 3.77. The molecular weight excluding hydrogens is 750 g/mol. The van der Waals surface area contributed by atoms with Crippen LogP contribution in [0.4, 0.5) is 13.2 Å². The molecule has 0 aliphatic rings. The first-order chi connectivity index (χ1) is 29.2. The van der Waals surface area contributed by atoms with Crippen LogP contribution in [0, 0.1) is 36.5 Å². The van der Waals surface area contributed by atoms with Crippen LogP contribution >= 0.6 is 0 Å². The number of benzene rings is 8. The van der Waals surface area contributed by atoms with Crippen molar-refractivity contribution < 1.29 is 13.2 Å². The van der Waals surface area contributed by atoms with Gasteiger partial charge in [-0.05, 0) is 108 Å². The van der Waals surface area contributed by atoms with Crippen molar-refractivity contribution in [2.24, 2.45) is 0 Å². The predicted octanol–water partition coefficient (Wildman–Crippen LogP) is 14.3. The number of hydrogen-bond acceptors (Lipinski definition) is 2. The summed E-state index contributed by atoms with van der Waals surface area (Å²) >= 11 is 0. The van der Waals surface area contributed by atoms with E-state index in [0.29, 0.717) is 11.4 Å². The highest BCUT2D eigenvalue weighted by Crippen LogP contribution is 2.46. The van der Waals surface area contributed by atoms with E-state index in [2.05, 4.69) is 62.4 Å². The van der Waals surface area contributed by atoms with E-state index in [0.717, 1.165) is 83.1 Å². The van der Waals surface area contributed by atoms with Crippen molar-refractivity contribution in [2.75, 3.05) is 0 Å². The number of aryl methyl sites for hydroxylation is 2. The van der Waals surface area contributed by atoms with Crippen LogP contribution in [-0.2, 0) is 6.18 Å². The Morgan fingerprint density at radius 1 is 0.433 bits per heavy atom. The topological polar surface area (TPSA) is 57.4 Å². The molecule has 0 radical (unpaired) electrons. The van der Waals surface area contributed by atoms with Gasteiger partial charge in [0.1, 0.15) is 6.07 Å². The standard InChI is InChI=1S/C53H33F3N4/c1-32-12-3-5-15-38(32)34-22-24-48-42(26-34)40-17-7-9-20-46(40)59(48)50-29-44(52-36(30-57)14-11-19-45(52)53(54,55)56)51(28-37(50)31-58)60-47-21-10-8-18-41(47)43-27-35(23-25-49(43)60)39-16-6-4-13-33(39)2/h3-29H,1-2H3. The normalized spacial score (nSPS) is 11.7. The average molecular weight is 783 g/mol. The molecule has 0 saturated carbocycles. The number of hydrogen-bond donors (Lipinski definition) is 0. The summed E-state index contributed by atoms with van der Waals surface area (Å²) in [6.07, 6.45) is -4.80. The van der Waals surface area contributed by atoms with Gasteiger partial charge in [-0.3, -0.25) is 0 Å². The molecule has 8 aromatic carbocycles. The molecule has 2 aromatic heterocycles. The van der Waals surface area contributed by atoms with E-state index in [1.807, 2.05) is 106 Å². The maximum atomic E-state index is 15.2. The van der Waals surface area contributed by atoms with Crippen molar-refractivity contribution >= 4 is 43.6 Å². The predicted molar refractivity (Wildman–Crippen MR) is 235 cm³/mol. The molecule has 0 aliphatic heterocycles. The molecule has 10 aromatic rings. The van der Waals surface area contributed by atoms with Gasteiger partial charge in [0.15, 0.2) is 0 Å². The lowest BCUT2D eigenvalue weighted by molar-refractivity contribution is -0.137. The van der Waals surface area contributed by atoms with Gasteiger partial charge in [-0.15, -0.1) is 0 Å². The van der Waals surface area contributed by atoms with Crippen molar-refractivity contribution in [3.8, 4) is 56.9 Å². The van der Waals surface area contributed by atoms with Crippen molar-refractivity contribution in [2.45, 2.75) is 20.0 Å². The second-order valence-corrected chi connectivity index (χ2v) is 15.1. The summed E-state index contributed by atoms with van der Waals surface area (Å²) in [5.41, 5.74) is 9.34. The minimum Gasteiger partial charge on any atom is -0.309 e. The Balaban J connectivity index is 1.33. The molecule has 0 saturated heterocycles. The molecule has 2 heterocycles. The maximum absolute atomic E-state index is 15.2. The monoisotopic (exact) mass is 782 g/mol. The van der Waals surface area contributed by atoms with Gasteiger partial charge in [0, 0.05) is 32.7 Å². The van der Waals surface area contributed by atoms with Gasteiger partial charge >= 0.3 is 6.18 Å². The van der Waals surface area contributed by atoms with Crippen molar-refractivity contribution in [3.05, 3.63) is 192 Å². The van der Waals surface area contributed by atoms with Crippen LogP contribution in [0.1, 0.15) is 27.8 Å². The van der Waals surface area contributed by atoms with Crippen molar-refractivity contribution in [1.29, 1.82) is 10.5 Å². The zero-order chi connectivity index (χ0) is 41.3. The molecule has 0 unspecified atom stereocenters. The van der Waals surface area contributed by atoms with E-state index in [9.17, 15) is 10.5 Å². The number of halogens is 3. The number of aromatic nitrogens is 2. The lowest BCUT2D eigenvalue weighted by Crippen LogP contribution is -2.11. The molecule has 0 bridgehead atoms. The lowest BCUT2D eigenvalue weighted by atomic mass is 9.91. The molecule has 0 fully saturated rings. The lowest BCUT2D eigenvalue weighted by Gasteiger charge is -2.22. The molecular formula is C53H33F3N4.